The first kappa shape index (κ1) is 11.1. The first-order chi connectivity index (χ1) is 8.08. The number of fused-ring (bicyclic) bond motifs is 1. The first-order valence-electron chi connectivity index (χ1n) is 5.11. The summed E-state index contributed by atoms with van der Waals surface area (Å²) in [6.45, 7) is 1.94. The molecule has 0 bridgehead atoms. The lowest BCUT2D eigenvalue weighted by Crippen LogP contribution is -1.95. The van der Waals surface area contributed by atoms with Gasteiger partial charge in [0.15, 0.2) is 5.78 Å². The molecule has 1 aromatic heterocycles. The molecule has 2 aromatic rings. The van der Waals surface area contributed by atoms with E-state index in [1.54, 1.807) is 6.20 Å². The maximum atomic E-state index is 11.8. The SMILES string of the molecule is Cc1ccc2[nH]cc(C(=O)C=CC(=O)O)c2c1. The fraction of sp³-hybridized carbons (Fsp3) is 0.0769. The number of aromatic nitrogens is 1. The van der Waals surface area contributed by atoms with Crippen LogP contribution in [0.2, 0.25) is 0 Å². The Morgan fingerprint density at radius 3 is 2.76 bits per heavy atom. The summed E-state index contributed by atoms with van der Waals surface area (Å²) < 4.78 is 0. The predicted molar refractivity (Wildman–Crippen MR) is 64.1 cm³/mol. The van der Waals surface area contributed by atoms with Gasteiger partial charge in [0.25, 0.3) is 0 Å². The Balaban J connectivity index is 2.45. The number of hydrogen-bond donors (Lipinski definition) is 2. The van der Waals surface area contributed by atoms with E-state index in [1.165, 1.54) is 0 Å². The molecule has 1 heterocycles. The van der Waals surface area contributed by atoms with E-state index in [1.807, 2.05) is 25.1 Å². The molecule has 17 heavy (non-hydrogen) atoms. The summed E-state index contributed by atoms with van der Waals surface area (Å²) in [5.74, 6) is -1.45. The summed E-state index contributed by atoms with van der Waals surface area (Å²) in [4.78, 5) is 25.1. The van der Waals surface area contributed by atoms with Crippen LogP contribution >= 0.6 is 0 Å². The minimum absolute atomic E-state index is 0.316. The fourth-order valence-electron chi connectivity index (χ4n) is 1.68. The van der Waals surface area contributed by atoms with Gasteiger partial charge in [0.2, 0.25) is 0 Å². The zero-order chi connectivity index (χ0) is 12.4. The van der Waals surface area contributed by atoms with Gasteiger partial charge in [-0.3, -0.25) is 4.79 Å². The quantitative estimate of drug-likeness (QED) is 0.626. The predicted octanol–water partition coefficient (Wildman–Crippen LogP) is 2.30. The van der Waals surface area contributed by atoms with Gasteiger partial charge in [-0.1, -0.05) is 11.6 Å². The number of carboxylic acid groups (broad SMARTS) is 1. The van der Waals surface area contributed by atoms with Gasteiger partial charge in [0.05, 0.1) is 0 Å². The Bertz CT molecular complexity index is 623. The number of hydrogen-bond acceptors (Lipinski definition) is 2. The molecule has 0 saturated carbocycles. The van der Waals surface area contributed by atoms with Crippen molar-refractivity contribution in [2.45, 2.75) is 6.92 Å². The van der Waals surface area contributed by atoms with Crippen LogP contribution in [0.1, 0.15) is 15.9 Å². The lowest BCUT2D eigenvalue weighted by atomic mass is 10.1. The number of carboxylic acids is 1. The van der Waals surface area contributed by atoms with Crippen molar-refractivity contribution in [2.75, 3.05) is 0 Å². The van der Waals surface area contributed by atoms with Crippen molar-refractivity contribution in [3.8, 4) is 0 Å². The zero-order valence-corrected chi connectivity index (χ0v) is 9.23. The lowest BCUT2D eigenvalue weighted by Gasteiger charge is -1.95. The Labute approximate surface area is 97.6 Å². The molecule has 0 spiro atoms. The molecule has 2 rings (SSSR count). The molecule has 0 unspecified atom stereocenters. The van der Waals surface area contributed by atoms with Crippen LogP contribution in [0.15, 0.2) is 36.5 Å². The van der Waals surface area contributed by atoms with Gasteiger partial charge in [0, 0.05) is 28.7 Å². The second-order valence-corrected chi connectivity index (χ2v) is 3.79. The van der Waals surface area contributed by atoms with Crippen LogP contribution in [0, 0.1) is 6.92 Å². The van der Waals surface area contributed by atoms with E-state index in [9.17, 15) is 9.59 Å². The topological polar surface area (TPSA) is 70.2 Å². The third-order valence-corrected chi connectivity index (χ3v) is 2.48. The molecular formula is C13H11NO3. The number of rotatable bonds is 3. The van der Waals surface area contributed by atoms with Gasteiger partial charge in [-0.25, -0.2) is 4.79 Å². The molecule has 86 valence electrons. The van der Waals surface area contributed by atoms with Gasteiger partial charge in [-0.15, -0.1) is 0 Å². The largest absolute Gasteiger partial charge is 0.478 e. The number of aliphatic carboxylic acids is 1. The van der Waals surface area contributed by atoms with E-state index in [0.717, 1.165) is 28.6 Å². The van der Waals surface area contributed by atoms with Crippen LogP contribution in [-0.2, 0) is 4.79 Å². The van der Waals surface area contributed by atoms with Gasteiger partial charge >= 0.3 is 5.97 Å². The Morgan fingerprint density at radius 1 is 1.29 bits per heavy atom. The van der Waals surface area contributed by atoms with Crippen molar-refractivity contribution < 1.29 is 14.7 Å². The van der Waals surface area contributed by atoms with Gasteiger partial charge in [0.1, 0.15) is 0 Å². The standard InChI is InChI=1S/C13H11NO3/c1-8-2-3-11-9(6-8)10(7-14-11)12(15)4-5-13(16)17/h2-7,14H,1H3,(H,16,17). The Hall–Kier alpha value is -2.36. The molecule has 0 amide bonds. The maximum absolute atomic E-state index is 11.8. The van der Waals surface area contributed by atoms with Gasteiger partial charge in [-0.2, -0.15) is 0 Å². The average molecular weight is 229 g/mol. The highest BCUT2D eigenvalue weighted by molar-refractivity contribution is 6.14. The first-order valence-corrected chi connectivity index (χ1v) is 5.11. The maximum Gasteiger partial charge on any atom is 0.328 e. The highest BCUT2D eigenvalue weighted by Gasteiger charge is 2.09. The molecule has 0 aliphatic heterocycles. The smallest absolute Gasteiger partial charge is 0.328 e. The number of benzene rings is 1. The summed E-state index contributed by atoms with van der Waals surface area (Å²) in [6.07, 6.45) is 3.50. The highest BCUT2D eigenvalue weighted by atomic mass is 16.4. The molecule has 2 N–H and O–H groups in total. The number of carbonyl (C=O) groups is 2. The number of aromatic amines is 1. The fourth-order valence-corrected chi connectivity index (χ4v) is 1.68. The normalized spacial score (nSPS) is 11.1. The Morgan fingerprint density at radius 2 is 2.06 bits per heavy atom. The summed E-state index contributed by atoms with van der Waals surface area (Å²) in [5.41, 5.74) is 2.40. The summed E-state index contributed by atoms with van der Waals surface area (Å²) in [7, 11) is 0. The average Bonchev–Trinajstić information content (AvgIpc) is 2.68. The van der Waals surface area contributed by atoms with Crippen LogP contribution in [0.5, 0.6) is 0 Å². The number of nitrogens with one attached hydrogen (secondary N) is 1. The highest BCUT2D eigenvalue weighted by Crippen LogP contribution is 2.20. The van der Waals surface area contributed by atoms with E-state index in [2.05, 4.69) is 4.98 Å². The molecule has 0 saturated heterocycles. The number of allylic oxidation sites excluding steroid dienone is 1. The summed E-state index contributed by atoms with van der Waals surface area (Å²) >= 11 is 0. The van der Waals surface area contributed by atoms with Crippen LogP contribution < -0.4 is 0 Å². The van der Waals surface area contributed by atoms with E-state index in [-0.39, 0.29) is 5.78 Å². The van der Waals surface area contributed by atoms with Crippen LogP contribution in [0.4, 0.5) is 0 Å². The van der Waals surface area contributed by atoms with Crippen molar-refractivity contribution in [3.05, 3.63) is 47.7 Å². The van der Waals surface area contributed by atoms with Crippen LogP contribution in [0.25, 0.3) is 10.9 Å². The molecule has 0 radical (unpaired) electrons. The second-order valence-electron chi connectivity index (χ2n) is 3.79. The summed E-state index contributed by atoms with van der Waals surface area (Å²) in [5, 5.41) is 9.28. The van der Waals surface area contributed by atoms with Crippen LogP contribution in [-0.4, -0.2) is 21.8 Å². The zero-order valence-electron chi connectivity index (χ0n) is 9.23. The summed E-state index contributed by atoms with van der Waals surface area (Å²) in [6, 6.07) is 5.73. The molecule has 4 nitrogen and oxygen atoms in total. The molecule has 0 fully saturated rings. The van der Waals surface area contributed by atoms with E-state index < -0.39 is 5.97 Å². The van der Waals surface area contributed by atoms with Gasteiger partial charge in [-0.05, 0) is 25.1 Å². The number of aryl methyl sites for hydroxylation is 1. The number of H-pyrrole nitrogens is 1. The minimum Gasteiger partial charge on any atom is -0.478 e. The molecule has 0 atom stereocenters. The third kappa shape index (κ3) is 2.25. The molecule has 1 aromatic carbocycles. The van der Waals surface area contributed by atoms with Crippen molar-refractivity contribution >= 4 is 22.7 Å². The lowest BCUT2D eigenvalue weighted by molar-refractivity contribution is -0.131. The van der Waals surface area contributed by atoms with Crippen molar-refractivity contribution in [1.29, 1.82) is 0 Å². The van der Waals surface area contributed by atoms with E-state index >= 15 is 0 Å². The van der Waals surface area contributed by atoms with E-state index in [0.29, 0.717) is 5.56 Å². The monoisotopic (exact) mass is 229 g/mol. The van der Waals surface area contributed by atoms with E-state index in [4.69, 9.17) is 5.11 Å². The molecular weight excluding hydrogens is 218 g/mol. The third-order valence-electron chi connectivity index (χ3n) is 2.48. The number of carbonyl (C=O) groups excluding carboxylic acids is 1. The number of ketones is 1. The molecule has 4 heteroatoms. The minimum atomic E-state index is -1.13. The van der Waals surface area contributed by atoms with Crippen LogP contribution in [0.3, 0.4) is 0 Å². The van der Waals surface area contributed by atoms with Crippen molar-refractivity contribution in [1.82, 2.24) is 4.98 Å². The molecule has 0 aliphatic carbocycles. The van der Waals surface area contributed by atoms with Crippen molar-refractivity contribution in [2.24, 2.45) is 0 Å². The van der Waals surface area contributed by atoms with Gasteiger partial charge < -0.3 is 10.1 Å². The van der Waals surface area contributed by atoms with Crippen molar-refractivity contribution in [3.63, 3.8) is 0 Å². The second kappa shape index (κ2) is 4.25. The Kier molecular flexibility index (Phi) is 2.78. The molecule has 0 aliphatic rings.